The maximum atomic E-state index is 14.7. The highest BCUT2D eigenvalue weighted by molar-refractivity contribution is 5.85. The lowest BCUT2D eigenvalue weighted by Crippen LogP contribution is -2.52. The molecule has 2 aromatic rings. The van der Waals surface area contributed by atoms with Gasteiger partial charge in [0.25, 0.3) is 5.91 Å². The molecule has 144 valence electrons. The summed E-state index contributed by atoms with van der Waals surface area (Å²) < 4.78 is 29.5. The van der Waals surface area contributed by atoms with E-state index in [0.29, 0.717) is 26.2 Å². The van der Waals surface area contributed by atoms with Gasteiger partial charge in [0.1, 0.15) is 0 Å². The van der Waals surface area contributed by atoms with Gasteiger partial charge in [-0.3, -0.25) is 4.79 Å². The van der Waals surface area contributed by atoms with Crippen molar-refractivity contribution in [2.24, 2.45) is 0 Å². The topological polar surface area (TPSA) is 23.6 Å². The summed E-state index contributed by atoms with van der Waals surface area (Å²) in [6.45, 7) is 3.82. The molecule has 2 aromatic carbocycles. The van der Waals surface area contributed by atoms with Crippen molar-refractivity contribution in [3.8, 4) is 0 Å². The highest BCUT2D eigenvalue weighted by Crippen LogP contribution is 2.31. The van der Waals surface area contributed by atoms with E-state index in [0.717, 1.165) is 30.5 Å². The van der Waals surface area contributed by atoms with Crippen molar-refractivity contribution in [2.45, 2.75) is 32.1 Å². The Morgan fingerprint density at radius 1 is 0.963 bits per heavy atom. The van der Waals surface area contributed by atoms with E-state index in [2.05, 4.69) is 11.8 Å². The summed E-state index contributed by atoms with van der Waals surface area (Å²) in [6.07, 6.45) is 2.96. The van der Waals surface area contributed by atoms with E-state index in [1.54, 1.807) is 12.1 Å². The minimum absolute atomic E-state index is 0.224. The van der Waals surface area contributed by atoms with Gasteiger partial charge in [-0.05, 0) is 30.5 Å². The van der Waals surface area contributed by atoms with Crippen molar-refractivity contribution >= 4 is 11.6 Å². The van der Waals surface area contributed by atoms with Crippen molar-refractivity contribution in [1.29, 1.82) is 0 Å². The summed E-state index contributed by atoms with van der Waals surface area (Å²) >= 11 is 0. The number of carbonyl (C=O) groups is 1. The quantitative estimate of drug-likeness (QED) is 0.747. The van der Waals surface area contributed by atoms with Crippen LogP contribution in [0.3, 0.4) is 0 Å². The molecule has 0 bridgehead atoms. The van der Waals surface area contributed by atoms with Crippen LogP contribution >= 0.6 is 0 Å². The fraction of sp³-hybridized carbons (Fsp3) is 0.409. The number of hydrogen-bond donors (Lipinski definition) is 0. The van der Waals surface area contributed by atoms with E-state index < -0.39 is 11.8 Å². The van der Waals surface area contributed by atoms with Crippen LogP contribution < -0.4 is 4.90 Å². The van der Waals surface area contributed by atoms with Gasteiger partial charge in [0.15, 0.2) is 0 Å². The molecule has 1 aliphatic heterocycles. The van der Waals surface area contributed by atoms with E-state index in [9.17, 15) is 13.6 Å². The van der Waals surface area contributed by atoms with Crippen LogP contribution in [0.2, 0.25) is 0 Å². The molecule has 1 amide bonds. The Balaban J connectivity index is 1.62. The lowest BCUT2D eigenvalue weighted by Gasteiger charge is -2.37. The molecule has 3 nitrogen and oxygen atoms in total. The van der Waals surface area contributed by atoms with Crippen LogP contribution in [-0.2, 0) is 17.1 Å². The van der Waals surface area contributed by atoms with Crippen LogP contribution in [0, 0.1) is 0 Å². The van der Waals surface area contributed by atoms with E-state index in [1.165, 1.54) is 17.0 Å². The van der Waals surface area contributed by atoms with Crippen molar-refractivity contribution in [1.82, 2.24) is 4.90 Å². The Hall–Kier alpha value is -2.43. The van der Waals surface area contributed by atoms with E-state index in [-0.39, 0.29) is 5.56 Å². The first-order valence-corrected chi connectivity index (χ1v) is 9.59. The van der Waals surface area contributed by atoms with Gasteiger partial charge in [0.2, 0.25) is 0 Å². The molecular formula is C22H26F2N2O. The number of halogens is 2. The molecule has 0 spiro atoms. The molecule has 0 unspecified atom stereocenters. The van der Waals surface area contributed by atoms with E-state index in [4.69, 9.17) is 0 Å². The van der Waals surface area contributed by atoms with Crippen LogP contribution in [0.4, 0.5) is 14.5 Å². The van der Waals surface area contributed by atoms with Gasteiger partial charge >= 0.3 is 5.92 Å². The normalized spacial score (nSPS) is 15.1. The first kappa shape index (κ1) is 19.3. The lowest BCUT2D eigenvalue weighted by molar-refractivity contribution is -0.159. The van der Waals surface area contributed by atoms with E-state index in [1.807, 2.05) is 30.3 Å². The Kier molecular flexibility index (Phi) is 6.09. The minimum atomic E-state index is -3.49. The number of carbonyl (C=O) groups excluding carboxylic acids is 1. The third-order valence-electron chi connectivity index (χ3n) is 5.09. The Morgan fingerprint density at radius 2 is 1.59 bits per heavy atom. The Morgan fingerprint density at radius 3 is 2.19 bits per heavy atom. The molecule has 0 saturated carbocycles. The molecule has 0 atom stereocenters. The lowest BCUT2D eigenvalue weighted by atomic mass is 10.0. The zero-order valence-corrected chi connectivity index (χ0v) is 15.7. The highest BCUT2D eigenvalue weighted by atomic mass is 19.3. The summed E-state index contributed by atoms with van der Waals surface area (Å²) in [5.74, 6) is -4.59. The zero-order valence-electron chi connectivity index (χ0n) is 15.7. The van der Waals surface area contributed by atoms with Gasteiger partial charge in [-0.15, -0.1) is 0 Å². The molecule has 0 N–H and O–H groups in total. The Bertz CT molecular complexity index is 739. The second-order valence-corrected chi connectivity index (χ2v) is 6.99. The molecule has 5 heteroatoms. The van der Waals surface area contributed by atoms with Crippen molar-refractivity contribution in [3.05, 3.63) is 65.7 Å². The van der Waals surface area contributed by atoms with Crippen LogP contribution in [0.5, 0.6) is 0 Å². The SMILES string of the molecule is CCCCc1ccc(C(F)(F)C(=O)N2CCN(c3ccccc3)CC2)cc1. The third-order valence-corrected chi connectivity index (χ3v) is 5.09. The standard InChI is InChI=1S/C22H26F2N2O/c1-2-3-7-18-10-12-19(13-11-18)22(23,24)21(27)26-16-14-25(15-17-26)20-8-5-4-6-9-20/h4-6,8-13H,2-3,7,14-17H2,1H3. The molecule has 0 aromatic heterocycles. The van der Waals surface area contributed by atoms with Crippen LogP contribution in [-0.4, -0.2) is 37.0 Å². The number of rotatable bonds is 6. The average molecular weight is 372 g/mol. The third kappa shape index (κ3) is 4.46. The second-order valence-electron chi connectivity index (χ2n) is 6.99. The Labute approximate surface area is 159 Å². The molecule has 27 heavy (non-hydrogen) atoms. The van der Waals surface area contributed by atoms with Gasteiger partial charge in [0.05, 0.1) is 0 Å². The maximum Gasteiger partial charge on any atom is 0.349 e. The molecule has 1 heterocycles. The number of piperazine rings is 1. The summed E-state index contributed by atoms with van der Waals surface area (Å²) in [4.78, 5) is 15.9. The van der Waals surface area contributed by atoms with Crippen molar-refractivity contribution in [3.63, 3.8) is 0 Å². The smallest absolute Gasteiger partial charge is 0.349 e. The van der Waals surface area contributed by atoms with Crippen molar-refractivity contribution in [2.75, 3.05) is 31.1 Å². The van der Waals surface area contributed by atoms with Crippen LogP contribution in [0.1, 0.15) is 30.9 Å². The number of nitrogens with zero attached hydrogens (tertiary/aromatic N) is 2. The molecule has 0 radical (unpaired) electrons. The summed E-state index contributed by atoms with van der Waals surface area (Å²) in [5.41, 5.74) is 1.86. The monoisotopic (exact) mass is 372 g/mol. The predicted octanol–water partition coefficient (Wildman–Crippen LogP) is 4.47. The van der Waals surface area contributed by atoms with Gasteiger partial charge < -0.3 is 9.80 Å². The van der Waals surface area contributed by atoms with E-state index >= 15 is 0 Å². The number of anilines is 1. The molecule has 0 aliphatic carbocycles. The second kappa shape index (κ2) is 8.51. The summed E-state index contributed by atoms with van der Waals surface area (Å²) in [6, 6.07) is 16.0. The minimum Gasteiger partial charge on any atom is -0.368 e. The number of unbranched alkanes of at least 4 members (excludes halogenated alkanes) is 1. The number of aryl methyl sites for hydroxylation is 1. The van der Waals surface area contributed by atoms with Gasteiger partial charge in [-0.1, -0.05) is 55.8 Å². The summed E-state index contributed by atoms with van der Waals surface area (Å²) in [7, 11) is 0. The number of benzene rings is 2. The molecular weight excluding hydrogens is 346 g/mol. The van der Waals surface area contributed by atoms with Crippen LogP contribution in [0.25, 0.3) is 0 Å². The molecule has 1 saturated heterocycles. The number of hydrogen-bond acceptors (Lipinski definition) is 2. The van der Waals surface area contributed by atoms with Gasteiger partial charge in [-0.25, -0.2) is 0 Å². The predicted molar refractivity (Wildman–Crippen MR) is 104 cm³/mol. The number of amides is 1. The first-order valence-electron chi connectivity index (χ1n) is 9.59. The number of para-hydroxylation sites is 1. The molecule has 3 rings (SSSR count). The summed E-state index contributed by atoms with van der Waals surface area (Å²) in [5, 5.41) is 0. The molecule has 1 aliphatic rings. The number of alkyl halides is 2. The largest absolute Gasteiger partial charge is 0.368 e. The van der Waals surface area contributed by atoms with Gasteiger partial charge in [0, 0.05) is 37.4 Å². The fourth-order valence-electron chi connectivity index (χ4n) is 3.39. The highest BCUT2D eigenvalue weighted by Gasteiger charge is 2.44. The van der Waals surface area contributed by atoms with Crippen molar-refractivity contribution < 1.29 is 13.6 Å². The fourth-order valence-corrected chi connectivity index (χ4v) is 3.39. The molecule has 1 fully saturated rings. The average Bonchev–Trinajstić information content (AvgIpc) is 2.72. The van der Waals surface area contributed by atoms with Gasteiger partial charge in [-0.2, -0.15) is 8.78 Å². The zero-order chi connectivity index (χ0) is 19.3. The first-order chi connectivity index (χ1) is 13.0. The maximum absolute atomic E-state index is 14.7. The van der Waals surface area contributed by atoms with Crippen LogP contribution in [0.15, 0.2) is 54.6 Å².